The van der Waals surface area contributed by atoms with Crippen LogP contribution in [0.2, 0.25) is 5.15 Å². The van der Waals surface area contributed by atoms with Gasteiger partial charge in [0.2, 0.25) is 5.95 Å². The molecule has 2 aromatic rings. The summed E-state index contributed by atoms with van der Waals surface area (Å²) in [4.78, 5) is 7.67. The molecule has 7 heteroatoms. The first kappa shape index (κ1) is 12.0. The molecule has 0 amide bonds. The summed E-state index contributed by atoms with van der Waals surface area (Å²) in [5, 5.41) is 11.8. The molecule has 0 atom stereocenters. The van der Waals surface area contributed by atoms with E-state index in [1.54, 1.807) is 24.3 Å². The van der Waals surface area contributed by atoms with Crippen LogP contribution in [0, 0.1) is 11.3 Å². The van der Waals surface area contributed by atoms with Gasteiger partial charge in [-0.05, 0) is 18.2 Å². The summed E-state index contributed by atoms with van der Waals surface area (Å²) < 4.78 is 0. The minimum absolute atomic E-state index is 0.0214. The molecule has 0 unspecified atom stereocenters. The van der Waals surface area contributed by atoms with Crippen molar-refractivity contribution in [1.82, 2.24) is 9.97 Å². The van der Waals surface area contributed by atoms with Gasteiger partial charge >= 0.3 is 0 Å². The molecular weight excluding hydrogens is 252 g/mol. The molecule has 6 nitrogen and oxygen atoms in total. The standard InChI is InChI=1S/C11H9ClN6/c12-9-8(14)10(18-11(15)17-9)16-7-3-1-2-6(4-7)5-13/h1-4H,14H2,(H3,15,16,17,18). The lowest BCUT2D eigenvalue weighted by molar-refractivity contribution is 1.19. The Kier molecular flexibility index (Phi) is 3.17. The van der Waals surface area contributed by atoms with Crippen LogP contribution in [-0.2, 0) is 0 Å². The van der Waals surface area contributed by atoms with Crippen LogP contribution in [0.5, 0.6) is 0 Å². The van der Waals surface area contributed by atoms with E-state index >= 15 is 0 Å². The number of rotatable bonds is 2. The van der Waals surface area contributed by atoms with Crippen molar-refractivity contribution in [2.75, 3.05) is 16.8 Å². The summed E-state index contributed by atoms with van der Waals surface area (Å²) >= 11 is 5.80. The van der Waals surface area contributed by atoms with Crippen molar-refractivity contribution in [1.29, 1.82) is 5.26 Å². The van der Waals surface area contributed by atoms with E-state index in [9.17, 15) is 0 Å². The fourth-order valence-electron chi connectivity index (χ4n) is 1.36. The van der Waals surface area contributed by atoms with Crippen LogP contribution in [0.15, 0.2) is 24.3 Å². The van der Waals surface area contributed by atoms with Gasteiger partial charge in [0.1, 0.15) is 5.69 Å². The van der Waals surface area contributed by atoms with Gasteiger partial charge < -0.3 is 16.8 Å². The molecule has 1 aromatic carbocycles. The molecule has 18 heavy (non-hydrogen) atoms. The molecule has 0 saturated heterocycles. The van der Waals surface area contributed by atoms with Crippen LogP contribution in [0.1, 0.15) is 5.56 Å². The lowest BCUT2D eigenvalue weighted by Gasteiger charge is -2.09. The quantitative estimate of drug-likeness (QED) is 0.711. The molecule has 2 rings (SSSR count). The van der Waals surface area contributed by atoms with Gasteiger partial charge in [-0.25, -0.2) is 0 Å². The van der Waals surface area contributed by atoms with E-state index in [2.05, 4.69) is 15.3 Å². The van der Waals surface area contributed by atoms with Gasteiger partial charge in [0.15, 0.2) is 11.0 Å². The third kappa shape index (κ3) is 2.42. The van der Waals surface area contributed by atoms with Crippen molar-refractivity contribution >= 4 is 34.7 Å². The minimum Gasteiger partial charge on any atom is -0.393 e. The van der Waals surface area contributed by atoms with Gasteiger partial charge in [0.05, 0.1) is 11.6 Å². The van der Waals surface area contributed by atoms with Crippen molar-refractivity contribution in [2.24, 2.45) is 0 Å². The number of nitrogens with two attached hydrogens (primary N) is 2. The lowest BCUT2D eigenvalue weighted by atomic mass is 10.2. The Morgan fingerprint density at radius 1 is 1.28 bits per heavy atom. The fourth-order valence-corrected chi connectivity index (χ4v) is 1.53. The zero-order valence-corrected chi connectivity index (χ0v) is 9.94. The summed E-state index contributed by atoms with van der Waals surface area (Å²) in [7, 11) is 0. The van der Waals surface area contributed by atoms with E-state index in [1.807, 2.05) is 6.07 Å². The number of hydrogen-bond donors (Lipinski definition) is 3. The van der Waals surface area contributed by atoms with Gasteiger partial charge in [-0.15, -0.1) is 0 Å². The van der Waals surface area contributed by atoms with Crippen molar-refractivity contribution in [3.05, 3.63) is 35.0 Å². The maximum Gasteiger partial charge on any atom is 0.223 e. The third-order valence-corrected chi connectivity index (χ3v) is 2.46. The summed E-state index contributed by atoms with van der Waals surface area (Å²) in [5.74, 6) is 0.329. The van der Waals surface area contributed by atoms with Gasteiger partial charge in [0.25, 0.3) is 0 Å². The van der Waals surface area contributed by atoms with Crippen LogP contribution in [0.25, 0.3) is 0 Å². The highest BCUT2D eigenvalue weighted by atomic mass is 35.5. The molecule has 0 radical (unpaired) electrons. The number of nitrogens with one attached hydrogen (secondary N) is 1. The first-order valence-corrected chi connectivity index (χ1v) is 5.33. The summed E-state index contributed by atoms with van der Waals surface area (Å²) in [6.45, 7) is 0. The zero-order valence-electron chi connectivity index (χ0n) is 9.18. The number of aromatic nitrogens is 2. The number of nitrogens with zero attached hydrogens (tertiary/aromatic N) is 3. The molecule has 0 fully saturated rings. The van der Waals surface area contributed by atoms with Crippen LogP contribution in [-0.4, -0.2) is 9.97 Å². The van der Waals surface area contributed by atoms with Crippen LogP contribution >= 0.6 is 11.6 Å². The number of benzene rings is 1. The number of anilines is 4. The lowest BCUT2D eigenvalue weighted by Crippen LogP contribution is -2.05. The molecule has 0 spiro atoms. The largest absolute Gasteiger partial charge is 0.393 e. The number of halogens is 1. The van der Waals surface area contributed by atoms with Crippen molar-refractivity contribution in [3.8, 4) is 6.07 Å². The molecule has 5 N–H and O–H groups in total. The highest BCUT2D eigenvalue weighted by Crippen LogP contribution is 2.27. The van der Waals surface area contributed by atoms with E-state index in [1.165, 1.54) is 0 Å². The van der Waals surface area contributed by atoms with Crippen LogP contribution < -0.4 is 16.8 Å². The SMILES string of the molecule is N#Cc1cccc(Nc2nc(N)nc(Cl)c2N)c1. The maximum absolute atomic E-state index is 8.80. The molecule has 90 valence electrons. The van der Waals surface area contributed by atoms with E-state index < -0.39 is 0 Å². The summed E-state index contributed by atoms with van der Waals surface area (Å²) in [5.41, 5.74) is 12.6. The molecule has 0 aliphatic heterocycles. The normalized spacial score (nSPS) is 9.78. The molecule has 0 aliphatic rings. The Morgan fingerprint density at radius 3 is 2.78 bits per heavy atom. The van der Waals surface area contributed by atoms with Gasteiger partial charge in [-0.1, -0.05) is 17.7 Å². The molecule has 1 aromatic heterocycles. The Morgan fingerprint density at radius 2 is 2.06 bits per heavy atom. The Hall–Kier alpha value is -2.52. The minimum atomic E-state index is 0.0214. The smallest absolute Gasteiger partial charge is 0.223 e. The average molecular weight is 261 g/mol. The predicted molar refractivity (Wildman–Crippen MR) is 70.3 cm³/mol. The van der Waals surface area contributed by atoms with Gasteiger partial charge in [-0.3, -0.25) is 0 Å². The topological polar surface area (TPSA) is 114 Å². The third-order valence-electron chi connectivity index (χ3n) is 2.17. The second-order valence-corrected chi connectivity index (χ2v) is 3.81. The van der Waals surface area contributed by atoms with Gasteiger partial charge in [-0.2, -0.15) is 15.2 Å². The van der Waals surface area contributed by atoms with Gasteiger partial charge in [0, 0.05) is 5.69 Å². The summed E-state index contributed by atoms with van der Waals surface area (Å²) in [6.07, 6.45) is 0. The highest BCUT2D eigenvalue weighted by molar-refractivity contribution is 6.32. The molecule has 1 heterocycles. The van der Waals surface area contributed by atoms with Crippen LogP contribution in [0.4, 0.5) is 23.1 Å². The van der Waals surface area contributed by atoms with Crippen molar-refractivity contribution < 1.29 is 0 Å². The van der Waals surface area contributed by atoms with Crippen LogP contribution in [0.3, 0.4) is 0 Å². The van der Waals surface area contributed by atoms with E-state index in [4.69, 9.17) is 28.3 Å². The van der Waals surface area contributed by atoms with Crippen molar-refractivity contribution in [2.45, 2.75) is 0 Å². The number of nitriles is 1. The summed E-state index contributed by atoms with van der Waals surface area (Å²) in [6, 6.07) is 8.89. The van der Waals surface area contributed by atoms with E-state index in [0.29, 0.717) is 17.1 Å². The molecule has 0 saturated carbocycles. The average Bonchev–Trinajstić information content (AvgIpc) is 2.35. The molecule has 0 aliphatic carbocycles. The Bertz CT molecular complexity index is 634. The first-order valence-electron chi connectivity index (χ1n) is 4.96. The number of nitrogen functional groups attached to an aromatic ring is 2. The highest BCUT2D eigenvalue weighted by Gasteiger charge is 2.09. The fraction of sp³-hybridized carbons (Fsp3) is 0. The zero-order chi connectivity index (χ0) is 13.1. The number of hydrogen-bond acceptors (Lipinski definition) is 6. The second-order valence-electron chi connectivity index (χ2n) is 3.45. The Balaban J connectivity index is 2.37. The van der Waals surface area contributed by atoms with E-state index in [-0.39, 0.29) is 16.8 Å². The first-order chi connectivity index (χ1) is 8.60. The molecular formula is C11H9ClN6. The predicted octanol–water partition coefficient (Wildman–Crippen LogP) is 1.91. The molecule has 0 bridgehead atoms. The second kappa shape index (κ2) is 4.77. The maximum atomic E-state index is 8.80. The van der Waals surface area contributed by atoms with E-state index in [0.717, 1.165) is 0 Å². The monoisotopic (exact) mass is 260 g/mol. The Labute approximate surface area is 108 Å². The van der Waals surface area contributed by atoms with Crippen molar-refractivity contribution in [3.63, 3.8) is 0 Å².